The molecule has 29 heavy (non-hydrogen) atoms. The average molecular weight is 472 g/mol. The number of hydrogen-bond acceptors (Lipinski definition) is 4. The predicted octanol–water partition coefficient (Wildman–Crippen LogP) is 7.02. The van der Waals surface area contributed by atoms with Crippen LogP contribution in [0.15, 0.2) is 63.4 Å². The average Bonchev–Trinajstić information content (AvgIpc) is 2.94. The zero-order chi connectivity index (χ0) is 20.2. The maximum absolute atomic E-state index is 11.5. The van der Waals surface area contributed by atoms with Crippen molar-refractivity contribution in [2.45, 2.75) is 44.6 Å². The van der Waals surface area contributed by atoms with E-state index in [4.69, 9.17) is 4.99 Å². The van der Waals surface area contributed by atoms with Gasteiger partial charge in [0.25, 0.3) is 5.69 Å². The van der Waals surface area contributed by atoms with Gasteiger partial charge in [0.15, 0.2) is 4.80 Å². The van der Waals surface area contributed by atoms with E-state index in [9.17, 15) is 10.1 Å². The van der Waals surface area contributed by atoms with Crippen LogP contribution in [0.5, 0.6) is 0 Å². The van der Waals surface area contributed by atoms with Gasteiger partial charge in [-0.2, -0.15) is 0 Å². The van der Waals surface area contributed by atoms with Crippen molar-refractivity contribution in [2.75, 3.05) is 0 Å². The minimum absolute atomic E-state index is 0.0377. The first-order chi connectivity index (χ1) is 14.1. The zero-order valence-corrected chi connectivity index (χ0v) is 18.4. The molecule has 5 nitrogen and oxygen atoms in total. The van der Waals surface area contributed by atoms with Gasteiger partial charge in [0.05, 0.1) is 10.6 Å². The second kappa shape index (κ2) is 9.05. The first-order valence-electron chi connectivity index (χ1n) is 9.88. The van der Waals surface area contributed by atoms with E-state index in [1.807, 2.05) is 18.2 Å². The third-order valence-corrected chi connectivity index (χ3v) is 6.91. The summed E-state index contributed by atoms with van der Waals surface area (Å²) in [4.78, 5) is 16.7. The van der Waals surface area contributed by atoms with Crippen LogP contribution >= 0.6 is 27.3 Å². The van der Waals surface area contributed by atoms with Crippen LogP contribution in [0.25, 0.3) is 11.3 Å². The van der Waals surface area contributed by atoms with Crippen molar-refractivity contribution in [3.8, 4) is 11.3 Å². The van der Waals surface area contributed by atoms with Crippen molar-refractivity contribution in [1.82, 2.24) is 4.57 Å². The predicted molar refractivity (Wildman–Crippen MR) is 121 cm³/mol. The number of thiazole rings is 1. The van der Waals surface area contributed by atoms with Crippen molar-refractivity contribution < 1.29 is 4.92 Å². The number of nitro benzene ring substituents is 1. The molecule has 0 N–H and O–H groups in total. The number of halogens is 1. The zero-order valence-electron chi connectivity index (χ0n) is 16.0. The van der Waals surface area contributed by atoms with Crippen LogP contribution in [-0.2, 0) is 0 Å². The molecule has 0 saturated heterocycles. The molecule has 3 aromatic rings. The molecule has 2 aromatic carbocycles. The van der Waals surface area contributed by atoms with Gasteiger partial charge in [0.1, 0.15) is 5.69 Å². The van der Waals surface area contributed by atoms with Crippen molar-refractivity contribution in [2.24, 2.45) is 4.99 Å². The number of aromatic nitrogens is 1. The van der Waals surface area contributed by atoms with E-state index >= 15 is 0 Å². The van der Waals surface area contributed by atoms with Gasteiger partial charge in [-0.15, -0.1) is 11.3 Å². The smallest absolute Gasteiger partial charge is 0.294 e. The van der Waals surface area contributed by atoms with Gasteiger partial charge in [-0.3, -0.25) is 10.1 Å². The molecule has 0 amide bonds. The van der Waals surface area contributed by atoms with Gasteiger partial charge in [0, 0.05) is 27.5 Å². The minimum Gasteiger partial charge on any atom is -0.313 e. The molecule has 1 aromatic heterocycles. The maximum atomic E-state index is 11.5. The Bertz CT molecular complexity index is 1080. The first kappa shape index (κ1) is 20.0. The summed E-state index contributed by atoms with van der Waals surface area (Å²) in [7, 11) is 0. The van der Waals surface area contributed by atoms with Gasteiger partial charge in [0.2, 0.25) is 0 Å². The van der Waals surface area contributed by atoms with Gasteiger partial charge in [-0.1, -0.05) is 71.9 Å². The number of nitrogens with zero attached hydrogens (tertiary/aromatic N) is 3. The Balaban J connectivity index is 1.91. The lowest BCUT2D eigenvalue weighted by atomic mass is 10.1. The largest absolute Gasteiger partial charge is 0.313 e. The summed E-state index contributed by atoms with van der Waals surface area (Å²) >= 11 is 5.23. The fraction of sp³-hybridized carbons (Fsp3) is 0.318. The molecule has 1 saturated carbocycles. The first-order valence-corrected chi connectivity index (χ1v) is 11.6. The molecule has 0 bridgehead atoms. The molecule has 1 aliphatic rings. The normalized spacial score (nSPS) is 16.0. The van der Waals surface area contributed by atoms with Crippen LogP contribution < -0.4 is 4.80 Å². The lowest BCUT2D eigenvalue weighted by Gasteiger charge is -2.20. The second-order valence-electron chi connectivity index (χ2n) is 7.26. The van der Waals surface area contributed by atoms with Crippen LogP contribution in [-0.4, -0.2) is 9.49 Å². The molecule has 0 radical (unpaired) electrons. The van der Waals surface area contributed by atoms with Crippen LogP contribution in [0.2, 0.25) is 0 Å². The topological polar surface area (TPSA) is 60.4 Å². The Morgan fingerprint density at radius 1 is 1.03 bits per heavy atom. The van der Waals surface area contributed by atoms with Crippen LogP contribution in [0.4, 0.5) is 11.4 Å². The summed E-state index contributed by atoms with van der Waals surface area (Å²) in [6, 6.07) is 15.2. The monoisotopic (exact) mass is 471 g/mol. The lowest BCUT2D eigenvalue weighted by molar-refractivity contribution is -0.384. The van der Waals surface area contributed by atoms with E-state index in [0.717, 1.165) is 33.4 Å². The molecular weight excluding hydrogens is 450 g/mol. The lowest BCUT2D eigenvalue weighted by Crippen LogP contribution is -2.21. The van der Waals surface area contributed by atoms with Crippen molar-refractivity contribution in [3.05, 3.63) is 73.3 Å². The van der Waals surface area contributed by atoms with Gasteiger partial charge in [-0.05, 0) is 25.0 Å². The van der Waals surface area contributed by atoms with E-state index in [0.29, 0.717) is 11.7 Å². The minimum atomic E-state index is -0.364. The fourth-order valence-electron chi connectivity index (χ4n) is 3.95. The van der Waals surface area contributed by atoms with Crippen molar-refractivity contribution >= 4 is 38.6 Å². The Morgan fingerprint density at radius 3 is 2.45 bits per heavy atom. The number of nitro groups is 1. The summed E-state index contributed by atoms with van der Waals surface area (Å²) in [5.41, 5.74) is 2.68. The molecule has 1 aliphatic carbocycles. The molecule has 1 fully saturated rings. The Hall–Kier alpha value is -2.25. The Labute approximate surface area is 182 Å². The molecule has 0 spiro atoms. The highest BCUT2D eigenvalue weighted by atomic mass is 79.9. The van der Waals surface area contributed by atoms with E-state index in [1.165, 1.54) is 31.7 Å². The quantitative estimate of drug-likeness (QED) is 0.233. The molecule has 0 aliphatic heterocycles. The van der Waals surface area contributed by atoms with Crippen LogP contribution in [0.1, 0.15) is 44.6 Å². The van der Waals surface area contributed by atoms with E-state index in [-0.39, 0.29) is 10.6 Å². The SMILES string of the molecule is O=[N+]([O-])c1ccccc1N=c1scc(-c2ccccc2Br)n1C1CCCCCC1. The molecule has 4 rings (SSSR count). The molecule has 0 atom stereocenters. The molecule has 1 heterocycles. The third-order valence-electron chi connectivity index (χ3n) is 5.38. The summed E-state index contributed by atoms with van der Waals surface area (Å²) in [6.45, 7) is 0. The molecular formula is C22H22BrN3O2S. The fourth-order valence-corrected chi connectivity index (χ4v) is 5.41. The maximum Gasteiger partial charge on any atom is 0.294 e. The summed E-state index contributed by atoms with van der Waals surface area (Å²) in [6.07, 6.45) is 7.16. The number of para-hydroxylation sites is 2. The van der Waals surface area contributed by atoms with E-state index in [1.54, 1.807) is 29.5 Å². The van der Waals surface area contributed by atoms with E-state index < -0.39 is 0 Å². The highest BCUT2D eigenvalue weighted by Crippen LogP contribution is 2.35. The molecule has 7 heteroatoms. The summed E-state index contributed by atoms with van der Waals surface area (Å²) < 4.78 is 3.35. The van der Waals surface area contributed by atoms with Crippen molar-refractivity contribution in [3.63, 3.8) is 0 Å². The second-order valence-corrected chi connectivity index (χ2v) is 8.95. The van der Waals surface area contributed by atoms with Gasteiger partial charge in [-0.25, -0.2) is 4.99 Å². The van der Waals surface area contributed by atoms with Crippen LogP contribution in [0.3, 0.4) is 0 Å². The van der Waals surface area contributed by atoms with Crippen LogP contribution in [0, 0.1) is 10.1 Å². The Kier molecular flexibility index (Phi) is 6.25. The van der Waals surface area contributed by atoms with Gasteiger partial charge >= 0.3 is 0 Å². The molecule has 150 valence electrons. The van der Waals surface area contributed by atoms with E-state index in [2.05, 4.69) is 31.9 Å². The Morgan fingerprint density at radius 2 is 1.72 bits per heavy atom. The number of benzene rings is 2. The summed E-state index contributed by atoms with van der Waals surface area (Å²) in [5, 5.41) is 13.6. The summed E-state index contributed by atoms with van der Waals surface area (Å²) in [5.74, 6) is 0. The molecule has 0 unspecified atom stereocenters. The van der Waals surface area contributed by atoms with Crippen molar-refractivity contribution in [1.29, 1.82) is 0 Å². The number of rotatable bonds is 4. The highest BCUT2D eigenvalue weighted by Gasteiger charge is 2.21. The standard InChI is InChI=1S/C22H22BrN3O2S/c23-18-12-6-5-11-17(18)21-15-29-22(25(21)16-9-3-1-2-4-10-16)24-19-13-7-8-14-20(19)26(27)28/h5-8,11-16H,1-4,9-10H2. The van der Waals surface area contributed by atoms with Gasteiger partial charge < -0.3 is 4.57 Å². The number of hydrogen-bond donors (Lipinski definition) is 0. The highest BCUT2D eigenvalue weighted by molar-refractivity contribution is 9.10. The third kappa shape index (κ3) is 4.36.